The number of rotatable bonds is 6. The number of benzene rings is 2. The molecule has 1 aliphatic heterocycles. The van der Waals surface area contributed by atoms with Gasteiger partial charge in [0.1, 0.15) is 11.6 Å². The Bertz CT molecular complexity index is 1110. The van der Waals surface area contributed by atoms with Crippen LogP contribution >= 0.6 is 11.6 Å². The van der Waals surface area contributed by atoms with Crippen molar-refractivity contribution < 1.29 is 9.53 Å². The zero-order chi connectivity index (χ0) is 20.9. The van der Waals surface area contributed by atoms with Gasteiger partial charge in [0.25, 0.3) is 11.5 Å². The number of carbonyl (C=O) groups is 1. The van der Waals surface area contributed by atoms with E-state index in [2.05, 4.69) is 10.3 Å². The van der Waals surface area contributed by atoms with Crippen LogP contribution < -0.4 is 15.6 Å². The van der Waals surface area contributed by atoms with E-state index in [0.29, 0.717) is 41.2 Å². The van der Waals surface area contributed by atoms with Crippen molar-refractivity contribution in [2.45, 2.75) is 38.6 Å². The maximum atomic E-state index is 12.9. The summed E-state index contributed by atoms with van der Waals surface area (Å²) in [4.78, 5) is 29.6. The molecule has 30 heavy (non-hydrogen) atoms. The molecule has 7 heteroatoms. The summed E-state index contributed by atoms with van der Waals surface area (Å²) in [5.41, 5.74) is 1.74. The van der Waals surface area contributed by atoms with E-state index >= 15 is 0 Å². The van der Waals surface area contributed by atoms with Gasteiger partial charge in [0.05, 0.1) is 10.9 Å². The third kappa shape index (κ3) is 4.82. The predicted octanol–water partition coefficient (Wildman–Crippen LogP) is 3.51. The average Bonchev–Trinajstić information content (AvgIpc) is 3.00. The molecular weight excluding hydrogens is 402 g/mol. The van der Waals surface area contributed by atoms with Crippen LogP contribution in [0.25, 0.3) is 10.9 Å². The Hall–Kier alpha value is -2.86. The van der Waals surface area contributed by atoms with Gasteiger partial charge in [-0.05, 0) is 55.2 Å². The third-order valence-electron chi connectivity index (χ3n) is 5.31. The Labute approximate surface area is 179 Å². The van der Waals surface area contributed by atoms with Crippen LogP contribution in [-0.2, 0) is 24.2 Å². The molecule has 0 bridgehead atoms. The van der Waals surface area contributed by atoms with E-state index in [-0.39, 0.29) is 18.1 Å². The standard InChI is InChI=1S/C23H24ClN3O3/c24-17-7-5-16(6-8-17)11-12-25-22(28)15-30-18-9-10-20-19(14-18)23(29)27-13-3-1-2-4-21(27)26-20/h5-10,14H,1-4,11-13,15H2,(H,25,28). The summed E-state index contributed by atoms with van der Waals surface area (Å²) in [6.07, 6.45) is 4.71. The average molecular weight is 426 g/mol. The fourth-order valence-corrected chi connectivity index (χ4v) is 3.81. The highest BCUT2D eigenvalue weighted by Gasteiger charge is 2.14. The lowest BCUT2D eigenvalue weighted by atomic mass is 10.1. The van der Waals surface area contributed by atoms with Gasteiger partial charge < -0.3 is 10.1 Å². The Kier molecular flexibility index (Phi) is 6.33. The van der Waals surface area contributed by atoms with Gasteiger partial charge in [-0.2, -0.15) is 0 Å². The molecule has 0 unspecified atom stereocenters. The number of hydrogen-bond acceptors (Lipinski definition) is 4. The number of ether oxygens (including phenoxy) is 1. The second kappa shape index (κ2) is 9.30. The van der Waals surface area contributed by atoms with Gasteiger partial charge in [-0.25, -0.2) is 4.98 Å². The first-order valence-corrected chi connectivity index (χ1v) is 10.7. The molecule has 4 rings (SSSR count). The minimum atomic E-state index is -0.208. The number of carbonyl (C=O) groups excluding carboxylic acids is 1. The van der Waals surface area contributed by atoms with Crippen LogP contribution in [0.5, 0.6) is 5.75 Å². The Morgan fingerprint density at radius 1 is 1.13 bits per heavy atom. The first-order chi connectivity index (χ1) is 14.6. The van der Waals surface area contributed by atoms with E-state index in [1.165, 1.54) is 0 Å². The number of fused-ring (bicyclic) bond motifs is 2. The highest BCUT2D eigenvalue weighted by Crippen LogP contribution is 2.19. The zero-order valence-corrected chi connectivity index (χ0v) is 17.5. The summed E-state index contributed by atoms with van der Waals surface area (Å²) in [6, 6.07) is 12.8. The summed E-state index contributed by atoms with van der Waals surface area (Å²) >= 11 is 5.87. The second-order valence-electron chi connectivity index (χ2n) is 7.49. The Morgan fingerprint density at radius 2 is 1.97 bits per heavy atom. The highest BCUT2D eigenvalue weighted by atomic mass is 35.5. The molecule has 0 radical (unpaired) electrons. The highest BCUT2D eigenvalue weighted by molar-refractivity contribution is 6.30. The molecular formula is C23H24ClN3O3. The molecule has 1 aromatic heterocycles. The number of nitrogens with zero attached hydrogens (tertiary/aromatic N) is 2. The van der Waals surface area contributed by atoms with Gasteiger partial charge in [0.15, 0.2) is 6.61 Å². The number of hydrogen-bond donors (Lipinski definition) is 1. The van der Waals surface area contributed by atoms with Crippen LogP contribution in [-0.4, -0.2) is 28.6 Å². The third-order valence-corrected chi connectivity index (χ3v) is 5.56. The molecule has 0 spiro atoms. The molecule has 2 aromatic carbocycles. The lowest BCUT2D eigenvalue weighted by Crippen LogP contribution is -2.30. The van der Waals surface area contributed by atoms with Crippen molar-refractivity contribution >= 4 is 28.4 Å². The lowest BCUT2D eigenvalue weighted by molar-refractivity contribution is -0.123. The first-order valence-electron chi connectivity index (χ1n) is 10.3. The fraction of sp³-hybridized carbons (Fsp3) is 0.348. The monoisotopic (exact) mass is 425 g/mol. The molecule has 1 N–H and O–H groups in total. The van der Waals surface area contributed by atoms with Crippen LogP contribution in [0.15, 0.2) is 47.3 Å². The van der Waals surface area contributed by atoms with Crippen LogP contribution in [0.3, 0.4) is 0 Å². The summed E-state index contributed by atoms with van der Waals surface area (Å²) in [5, 5.41) is 4.06. The molecule has 0 atom stereocenters. The van der Waals surface area contributed by atoms with Crippen molar-refractivity contribution in [1.82, 2.24) is 14.9 Å². The van der Waals surface area contributed by atoms with Crippen LogP contribution in [0.4, 0.5) is 0 Å². The lowest BCUT2D eigenvalue weighted by Gasteiger charge is -2.11. The van der Waals surface area contributed by atoms with Gasteiger partial charge in [0, 0.05) is 24.5 Å². The number of amides is 1. The fourth-order valence-electron chi connectivity index (χ4n) is 3.68. The van der Waals surface area contributed by atoms with E-state index in [9.17, 15) is 9.59 Å². The number of nitrogens with one attached hydrogen (secondary N) is 1. The molecule has 0 saturated carbocycles. The molecule has 156 valence electrons. The maximum absolute atomic E-state index is 12.9. The summed E-state index contributed by atoms with van der Waals surface area (Å²) < 4.78 is 7.39. The molecule has 0 aliphatic carbocycles. The Balaban J connectivity index is 1.36. The summed E-state index contributed by atoms with van der Waals surface area (Å²) in [7, 11) is 0. The number of aromatic nitrogens is 2. The van der Waals surface area contributed by atoms with Gasteiger partial charge in [0.2, 0.25) is 0 Å². The van der Waals surface area contributed by atoms with Gasteiger partial charge in [-0.1, -0.05) is 30.2 Å². The topological polar surface area (TPSA) is 73.2 Å². The van der Waals surface area contributed by atoms with Crippen molar-refractivity contribution in [2.75, 3.05) is 13.2 Å². The largest absolute Gasteiger partial charge is 0.484 e. The quantitative estimate of drug-likeness (QED) is 0.655. The summed E-state index contributed by atoms with van der Waals surface area (Å²) in [6.45, 7) is 1.11. The predicted molar refractivity (Wildman–Crippen MR) is 117 cm³/mol. The maximum Gasteiger partial charge on any atom is 0.261 e. The molecule has 6 nitrogen and oxygen atoms in total. The van der Waals surface area contributed by atoms with E-state index in [4.69, 9.17) is 16.3 Å². The van der Waals surface area contributed by atoms with Crippen LogP contribution in [0, 0.1) is 0 Å². The first kappa shape index (κ1) is 20.4. The van der Waals surface area contributed by atoms with Gasteiger partial charge in [-0.15, -0.1) is 0 Å². The van der Waals surface area contributed by atoms with E-state index < -0.39 is 0 Å². The van der Waals surface area contributed by atoms with E-state index in [1.807, 2.05) is 24.3 Å². The minimum absolute atomic E-state index is 0.0326. The van der Waals surface area contributed by atoms with E-state index in [1.54, 1.807) is 22.8 Å². The molecule has 3 aromatic rings. The molecule has 0 saturated heterocycles. The van der Waals surface area contributed by atoms with Crippen molar-refractivity contribution in [3.8, 4) is 5.75 Å². The smallest absolute Gasteiger partial charge is 0.261 e. The van der Waals surface area contributed by atoms with E-state index in [0.717, 1.165) is 37.1 Å². The van der Waals surface area contributed by atoms with Crippen LogP contribution in [0.2, 0.25) is 5.02 Å². The number of halogens is 1. The van der Waals surface area contributed by atoms with Gasteiger partial charge in [-0.3, -0.25) is 14.2 Å². The summed E-state index contributed by atoms with van der Waals surface area (Å²) in [5.74, 6) is 1.14. The molecule has 0 fully saturated rings. The van der Waals surface area contributed by atoms with Crippen molar-refractivity contribution in [2.24, 2.45) is 0 Å². The normalized spacial score (nSPS) is 13.5. The number of aryl methyl sites for hydroxylation is 1. The molecule has 2 heterocycles. The second-order valence-corrected chi connectivity index (χ2v) is 7.93. The van der Waals surface area contributed by atoms with Crippen LogP contribution in [0.1, 0.15) is 30.7 Å². The SMILES string of the molecule is O=C(COc1ccc2nc3n(c(=O)c2c1)CCCCC3)NCCc1ccc(Cl)cc1. The minimum Gasteiger partial charge on any atom is -0.484 e. The molecule has 1 aliphatic rings. The molecule has 1 amide bonds. The van der Waals surface area contributed by atoms with Crippen molar-refractivity contribution in [3.05, 3.63) is 69.2 Å². The Morgan fingerprint density at radius 3 is 2.80 bits per heavy atom. The van der Waals surface area contributed by atoms with Crippen molar-refractivity contribution in [1.29, 1.82) is 0 Å². The van der Waals surface area contributed by atoms with Gasteiger partial charge >= 0.3 is 0 Å². The van der Waals surface area contributed by atoms with Crippen molar-refractivity contribution in [3.63, 3.8) is 0 Å². The zero-order valence-electron chi connectivity index (χ0n) is 16.7.